The van der Waals surface area contributed by atoms with Crippen molar-refractivity contribution in [3.05, 3.63) is 66.0 Å². The maximum Gasteiger partial charge on any atom is 0.239 e. The first-order valence-corrected chi connectivity index (χ1v) is 7.10. The quantitative estimate of drug-likeness (QED) is 0.883. The molecule has 0 aliphatic carbocycles. The maximum absolute atomic E-state index is 12.0. The van der Waals surface area contributed by atoms with E-state index in [0.29, 0.717) is 13.1 Å². The van der Waals surface area contributed by atoms with Crippen LogP contribution in [0.15, 0.2) is 54.9 Å². The third-order valence-electron chi connectivity index (χ3n) is 3.24. The van der Waals surface area contributed by atoms with E-state index in [1.165, 1.54) is 11.8 Å². The van der Waals surface area contributed by atoms with Crippen LogP contribution in [-0.4, -0.2) is 28.2 Å². The fourth-order valence-corrected chi connectivity index (χ4v) is 2.01. The molecule has 0 aliphatic rings. The fourth-order valence-electron chi connectivity index (χ4n) is 2.01. The summed E-state index contributed by atoms with van der Waals surface area (Å²) >= 11 is 0. The first-order valence-electron chi connectivity index (χ1n) is 7.10. The van der Waals surface area contributed by atoms with Crippen molar-refractivity contribution in [3.8, 4) is 0 Å². The van der Waals surface area contributed by atoms with Crippen LogP contribution < -0.4 is 5.32 Å². The van der Waals surface area contributed by atoms with Gasteiger partial charge in [-0.3, -0.25) is 14.6 Å². The Morgan fingerprint density at radius 3 is 2.36 bits per heavy atom. The van der Waals surface area contributed by atoms with Crippen molar-refractivity contribution < 1.29 is 9.59 Å². The zero-order valence-electron chi connectivity index (χ0n) is 12.5. The van der Waals surface area contributed by atoms with Crippen LogP contribution >= 0.6 is 0 Å². The second kappa shape index (κ2) is 7.93. The van der Waals surface area contributed by atoms with E-state index < -0.39 is 0 Å². The Morgan fingerprint density at radius 1 is 1.05 bits per heavy atom. The predicted molar refractivity (Wildman–Crippen MR) is 83.6 cm³/mol. The zero-order valence-corrected chi connectivity index (χ0v) is 12.5. The molecule has 5 nitrogen and oxygen atoms in total. The first kappa shape index (κ1) is 15.7. The molecule has 0 unspecified atom stereocenters. The van der Waals surface area contributed by atoms with E-state index >= 15 is 0 Å². The molecular weight excluding hydrogens is 278 g/mol. The second-order valence-electron chi connectivity index (χ2n) is 4.99. The Labute approximate surface area is 130 Å². The normalized spacial score (nSPS) is 10.0. The Balaban J connectivity index is 1.88. The van der Waals surface area contributed by atoms with Gasteiger partial charge in [-0.15, -0.1) is 0 Å². The van der Waals surface area contributed by atoms with Gasteiger partial charge in [0, 0.05) is 32.4 Å². The molecule has 0 saturated carbocycles. The molecule has 1 aromatic heterocycles. The minimum Gasteiger partial charge on any atom is -0.350 e. The summed E-state index contributed by atoms with van der Waals surface area (Å²) in [6.45, 7) is 2.37. The van der Waals surface area contributed by atoms with Crippen LogP contribution in [-0.2, 0) is 22.7 Å². The third kappa shape index (κ3) is 5.01. The number of nitrogens with zero attached hydrogens (tertiary/aromatic N) is 2. The summed E-state index contributed by atoms with van der Waals surface area (Å²) in [5.74, 6) is -0.306. The molecule has 114 valence electrons. The number of hydrogen-bond donors (Lipinski definition) is 1. The summed E-state index contributed by atoms with van der Waals surface area (Å²) in [6, 6.07) is 13.3. The Hall–Kier alpha value is -2.69. The van der Waals surface area contributed by atoms with Gasteiger partial charge in [-0.25, -0.2) is 0 Å². The average molecular weight is 297 g/mol. The van der Waals surface area contributed by atoms with Crippen LogP contribution in [0.3, 0.4) is 0 Å². The van der Waals surface area contributed by atoms with Crippen LogP contribution in [0.5, 0.6) is 0 Å². The molecule has 2 amide bonds. The fraction of sp³-hybridized carbons (Fsp3) is 0.235. The summed E-state index contributed by atoms with van der Waals surface area (Å²) in [5.41, 5.74) is 1.97. The standard InChI is InChI=1S/C17H19N3O2/c1-14(21)20(12-16-7-9-18-10-8-16)13-17(22)19-11-15-5-3-2-4-6-15/h2-10H,11-13H2,1H3,(H,19,22). The number of carbonyl (C=O) groups excluding carboxylic acids is 2. The van der Waals surface area contributed by atoms with E-state index in [1.807, 2.05) is 42.5 Å². The number of aromatic nitrogens is 1. The first-order chi connectivity index (χ1) is 10.6. The largest absolute Gasteiger partial charge is 0.350 e. The van der Waals surface area contributed by atoms with Crippen molar-refractivity contribution in [2.75, 3.05) is 6.54 Å². The van der Waals surface area contributed by atoms with Crippen LogP contribution in [0.25, 0.3) is 0 Å². The summed E-state index contributed by atoms with van der Waals surface area (Å²) < 4.78 is 0. The molecule has 1 N–H and O–H groups in total. The molecule has 1 aromatic carbocycles. The Morgan fingerprint density at radius 2 is 1.73 bits per heavy atom. The summed E-state index contributed by atoms with van der Waals surface area (Å²) in [7, 11) is 0. The van der Waals surface area contributed by atoms with Gasteiger partial charge in [-0.05, 0) is 23.3 Å². The highest BCUT2D eigenvalue weighted by atomic mass is 16.2. The summed E-state index contributed by atoms with van der Waals surface area (Å²) in [5, 5.41) is 2.82. The SMILES string of the molecule is CC(=O)N(CC(=O)NCc1ccccc1)Cc1ccncc1. The highest BCUT2D eigenvalue weighted by Crippen LogP contribution is 2.04. The van der Waals surface area contributed by atoms with Crippen molar-refractivity contribution in [1.29, 1.82) is 0 Å². The lowest BCUT2D eigenvalue weighted by molar-refractivity contribution is -0.135. The number of rotatable bonds is 6. The molecule has 2 aromatic rings. The van der Waals surface area contributed by atoms with Gasteiger partial charge in [0.15, 0.2) is 0 Å². The van der Waals surface area contributed by atoms with Gasteiger partial charge in [0.2, 0.25) is 11.8 Å². The van der Waals surface area contributed by atoms with Crippen molar-refractivity contribution in [2.45, 2.75) is 20.0 Å². The van der Waals surface area contributed by atoms with Gasteiger partial charge >= 0.3 is 0 Å². The number of carbonyl (C=O) groups is 2. The molecular formula is C17H19N3O2. The Bertz CT molecular complexity index is 614. The number of amides is 2. The van der Waals surface area contributed by atoms with E-state index in [1.54, 1.807) is 12.4 Å². The summed E-state index contributed by atoms with van der Waals surface area (Å²) in [4.78, 5) is 29.1. The molecule has 2 rings (SSSR count). The van der Waals surface area contributed by atoms with Gasteiger partial charge in [0.05, 0.1) is 6.54 Å². The molecule has 0 saturated heterocycles. The molecule has 0 fully saturated rings. The third-order valence-corrected chi connectivity index (χ3v) is 3.24. The summed E-state index contributed by atoms with van der Waals surface area (Å²) in [6.07, 6.45) is 3.34. The molecule has 0 radical (unpaired) electrons. The highest BCUT2D eigenvalue weighted by molar-refractivity contribution is 5.83. The minimum atomic E-state index is -0.173. The van der Waals surface area contributed by atoms with Gasteiger partial charge in [-0.1, -0.05) is 30.3 Å². The molecule has 22 heavy (non-hydrogen) atoms. The second-order valence-corrected chi connectivity index (χ2v) is 4.99. The van der Waals surface area contributed by atoms with E-state index in [4.69, 9.17) is 0 Å². The van der Waals surface area contributed by atoms with E-state index in [9.17, 15) is 9.59 Å². The molecule has 0 bridgehead atoms. The molecule has 1 heterocycles. The van der Waals surface area contributed by atoms with Crippen LogP contribution in [0.4, 0.5) is 0 Å². The molecule has 5 heteroatoms. The van der Waals surface area contributed by atoms with E-state index in [0.717, 1.165) is 11.1 Å². The smallest absolute Gasteiger partial charge is 0.239 e. The highest BCUT2D eigenvalue weighted by Gasteiger charge is 2.13. The van der Waals surface area contributed by atoms with Crippen LogP contribution in [0.2, 0.25) is 0 Å². The lowest BCUT2D eigenvalue weighted by Crippen LogP contribution is -2.39. The molecule has 0 aliphatic heterocycles. The monoisotopic (exact) mass is 297 g/mol. The number of pyridine rings is 1. The van der Waals surface area contributed by atoms with Crippen LogP contribution in [0.1, 0.15) is 18.1 Å². The zero-order chi connectivity index (χ0) is 15.8. The van der Waals surface area contributed by atoms with Gasteiger partial charge < -0.3 is 10.2 Å². The van der Waals surface area contributed by atoms with Gasteiger partial charge in [0.25, 0.3) is 0 Å². The average Bonchev–Trinajstić information content (AvgIpc) is 2.54. The number of hydrogen-bond acceptors (Lipinski definition) is 3. The predicted octanol–water partition coefficient (Wildman–Crippen LogP) is 1.75. The Kier molecular flexibility index (Phi) is 5.65. The van der Waals surface area contributed by atoms with E-state index in [-0.39, 0.29) is 18.4 Å². The number of nitrogens with one attached hydrogen (secondary N) is 1. The lowest BCUT2D eigenvalue weighted by Gasteiger charge is -2.20. The van der Waals surface area contributed by atoms with Crippen molar-refractivity contribution in [2.24, 2.45) is 0 Å². The van der Waals surface area contributed by atoms with Gasteiger partial charge in [-0.2, -0.15) is 0 Å². The van der Waals surface area contributed by atoms with Crippen LogP contribution in [0, 0.1) is 0 Å². The lowest BCUT2D eigenvalue weighted by atomic mass is 10.2. The van der Waals surface area contributed by atoms with Crippen molar-refractivity contribution in [1.82, 2.24) is 15.2 Å². The van der Waals surface area contributed by atoms with Crippen molar-refractivity contribution >= 4 is 11.8 Å². The topological polar surface area (TPSA) is 62.3 Å². The maximum atomic E-state index is 12.0. The molecule has 0 spiro atoms. The van der Waals surface area contributed by atoms with E-state index in [2.05, 4.69) is 10.3 Å². The minimum absolute atomic E-state index is 0.0461. The van der Waals surface area contributed by atoms with Crippen molar-refractivity contribution in [3.63, 3.8) is 0 Å². The number of benzene rings is 1. The molecule has 0 atom stereocenters. The van der Waals surface area contributed by atoms with Gasteiger partial charge in [0.1, 0.15) is 0 Å².